The molecular weight excluding hydrogens is 168 g/mol. The molecule has 2 bridgehead atoms. The van der Waals surface area contributed by atoms with Crippen molar-refractivity contribution in [2.45, 2.75) is 31.3 Å². The smallest absolute Gasteiger partial charge is 0.294 e. The third-order valence-electron chi connectivity index (χ3n) is 3.65. The average molecular weight is 180 g/mol. The van der Waals surface area contributed by atoms with Crippen LogP contribution in [0.2, 0.25) is 0 Å². The van der Waals surface area contributed by atoms with Crippen LogP contribution >= 0.6 is 0 Å². The van der Waals surface area contributed by atoms with Gasteiger partial charge in [-0.15, -0.1) is 0 Å². The van der Waals surface area contributed by atoms with Crippen LogP contribution in [0.15, 0.2) is 4.99 Å². The highest BCUT2D eigenvalue weighted by atomic mass is 16.5. The minimum Gasteiger partial charge on any atom is -0.448 e. The summed E-state index contributed by atoms with van der Waals surface area (Å²) in [5.74, 6) is 0.891. The molecule has 3 aliphatic rings. The number of amidine groups is 1. The maximum absolute atomic E-state index is 11.6. The molecule has 1 amide bonds. The van der Waals surface area contributed by atoms with E-state index in [1.807, 2.05) is 0 Å². The largest absolute Gasteiger partial charge is 0.448 e. The van der Waals surface area contributed by atoms with Crippen LogP contribution in [0, 0.1) is 11.8 Å². The number of carbonyl (C=O) groups is 1. The molecule has 2 aliphatic carbocycles. The minimum atomic E-state index is -0.632. The van der Waals surface area contributed by atoms with Gasteiger partial charge in [-0.1, -0.05) is 0 Å². The van der Waals surface area contributed by atoms with E-state index in [0.29, 0.717) is 11.8 Å². The molecule has 3 rings (SSSR count). The molecule has 0 aromatic rings. The summed E-state index contributed by atoms with van der Waals surface area (Å²) in [4.78, 5) is 15.3. The number of carbonyl (C=O) groups excluding carboxylic acids is 1. The standard InChI is InChI=1S/C9H12N2O2/c10-8-11-7(12)9(13-8)4-5-1-2-6(9)3-5/h5-6H,1-4H2,(H2,10,11,12). The quantitative estimate of drug-likeness (QED) is 0.587. The molecule has 0 aromatic carbocycles. The molecule has 1 heterocycles. The van der Waals surface area contributed by atoms with Crippen molar-refractivity contribution < 1.29 is 9.53 Å². The van der Waals surface area contributed by atoms with Crippen molar-refractivity contribution in [3.8, 4) is 0 Å². The number of hydrogen-bond acceptors (Lipinski definition) is 3. The van der Waals surface area contributed by atoms with Crippen molar-refractivity contribution in [3.05, 3.63) is 0 Å². The zero-order valence-electron chi connectivity index (χ0n) is 7.32. The number of ether oxygens (including phenoxy) is 1. The van der Waals surface area contributed by atoms with Gasteiger partial charge in [0, 0.05) is 5.92 Å². The zero-order valence-corrected chi connectivity index (χ0v) is 7.32. The van der Waals surface area contributed by atoms with Crippen molar-refractivity contribution in [2.75, 3.05) is 0 Å². The van der Waals surface area contributed by atoms with Gasteiger partial charge in [0.15, 0.2) is 5.60 Å². The second-order valence-corrected chi connectivity index (χ2v) is 4.33. The second-order valence-electron chi connectivity index (χ2n) is 4.33. The van der Waals surface area contributed by atoms with E-state index in [0.717, 1.165) is 19.3 Å². The lowest BCUT2D eigenvalue weighted by Gasteiger charge is -2.29. The molecule has 2 saturated carbocycles. The van der Waals surface area contributed by atoms with E-state index in [-0.39, 0.29) is 11.9 Å². The molecule has 4 nitrogen and oxygen atoms in total. The normalized spacial score (nSPS) is 47.1. The van der Waals surface area contributed by atoms with Crippen LogP contribution in [-0.4, -0.2) is 17.5 Å². The van der Waals surface area contributed by atoms with Crippen molar-refractivity contribution in [1.82, 2.24) is 0 Å². The molecule has 2 fully saturated rings. The molecule has 0 radical (unpaired) electrons. The Balaban J connectivity index is 1.96. The topological polar surface area (TPSA) is 64.7 Å². The Morgan fingerprint density at radius 3 is 2.85 bits per heavy atom. The van der Waals surface area contributed by atoms with Gasteiger partial charge in [-0.05, 0) is 31.6 Å². The molecule has 13 heavy (non-hydrogen) atoms. The van der Waals surface area contributed by atoms with E-state index in [9.17, 15) is 4.79 Å². The summed E-state index contributed by atoms with van der Waals surface area (Å²) < 4.78 is 5.43. The van der Waals surface area contributed by atoms with E-state index >= 15 is 0 Å². The van der Waals surface area contributed by atoms with Crippen LogP contribution in [0.5, 0.6) is 0 Å². The molecule has 3 atom stereocenters. The lowest BCUT2D eigenvalue weighted by Crippen LogP contribution is -2.43. The number of nitrogens with zero attached hydrogens (tertiary/aromatic N) is 1. The first-order chi connectivity index (χ1) is 6.21. The summed E-state index contributed by atoms with van der Waals surface area (Å²) in [6.07, 6.45) is 4.29. The molecule has 1 spiro atoms. The monoisotopic (exact) mass is 180 g/mol. The fourth-order valence-electron chi connectivity index (χ4n) is 3.11. The SMILES string of the molecule is NC1=NC(=O)C2(CC3CCC2C3)O1. The van der Waals surface area contributed by atoms with Gasteiger partial charge in [0.25, 0.3) is 11.9 Å². The van der Waals surface area contributed by atoms with Crippen molar-refractivity contribution in [1.29, 1.82) is 0 Å². The molecule has 3 unspecified atom stereocenters. The molecule has 0 aromatic heterocycles. The summed E-state index contributed by atoms with van der Waals surface area (Å²) in [5.41, 5.74) is 4.79. The Kier molecular flexibility index (Phi) is 1.16. The molecule has 0 saturated heterocycles. The van der Waals surface area contributed by atoms with Gasteiger partial charge in [0.05, 0.1) is 0 Å². The van der Waals surface area contributed by atoms with E-state index in [1.165, 1.54) is 6.42 Å². The summed E-state index contributed by atoms with van der Waals surface area (Å²) in [6, 6.07) is 0.0672. The summed E-state index contributed by atoms with van der Waals surface area (Å²) in [5, 5.41) is 0. The predicted molar refractivity (Wildman–Crippen MR) is 45.9 cm³/mol. The highest BCUT2D eigenvalue weighted by Crippen LogP contribution is 2.54. The van der Waals surface area contributed by atoms with Gasteiger partial charge in [-0.25, -0.2) is 0 Å². The number of aliphatic imine (C=N–C) groups is 1. The number of rotatable bonds is 0. The lowest BCUT2D eigenvalue weighted by atomic mass is 9.84. The Bertz CT molecular complexity index is 313. The van der Waals surface area contributed by atoms with Gasteiger partial charge in [0.1, 0.15) is 0 Å². The maximum Gasteiger partial charge on any atom is 0.294 e. The Morgan fingerprint density at radius 1 is 1.54 bits per heavy atom. The minimum absolute atomic E-state index is 0.0672. The average Bonchev–Trinajstić information content (AvgIpc) is 2.68. The fourth-order valence-corrected chi connectivity index (χ4v) is 3.11. The van der Waals surface area contributed by atoms with Gasteiger partial charge in [-0.2, -0.15) is 4.99 Å². The summed E-state index contributed by atoms with van der Waals surface area (Å²) >= 11 is 0. The number of amides is 1. The Hall–Kier alpha value is -1.06. The second kappa shape index (κ2) is 2.05. The van der Waals surface area contributed by atoms with Gasteiger partial charge in [0.2, 0.25) is 0 Å². The van der Waals surface area contributed by atoms with E-state index in [4.69, 9.17) is 10.5 Å². The number of nitrogens with two attached hydrogens (primary N) is 1. The Morgan fingerprint density at radius 2 is 2.38 bits per heavy atom. The molecule has 70 valence electrons. The van der Waals surface area contributed by atoms with E-state index in [1.54, 1.807) is 0 Å². The van der Waals surface area contributed by atoms with Crippen LogP contribution in [0.25, 0.3) is 0 Å². The third-order valence-corrected chi connectivity index (χ3v) is 3.65. The first-order valence-electron chi connectivity index (χ1n) is 4.78. The highest BCUT2D eigenvalue weighted by molar-refractivity contribution is 6.01. The van der Waals surface area contributed by atoms with E-state index in [2.05, 4.69) is 4.99 Å². The van der Waals surface area contributed by atoms with Crippen LogP contribution < -0.4 is 5.73 Å². The van der Waals surface area contributed by atoms with Crippen LogP contribution in [0.3, 0.4) is 0 Å². The Labute approximate surface area is 76.2 Å². The van der Waals surface area contributed by atoms with Crippen molar-refractivity contribution >= 4 is 11.9 Å². The van der Waals surface area contributed by atoms with E-state index < -0.39 is 5.60 Å². The van der Waals surface area contributed by atoms with Crippen molar-refractivity contribution in [2.24, 2.45) is 22.6 Å². The first-order valence-corrected chi connectivity index (χ1v) is 4.78. The first kappa shape index (κ1) is 7.35. The molecule has 1 aliphatic heterocycles. The zero-order chi connectivity index (χ0) is 9.05. The predicted octanol–water partition coefficient (Wildman–Crippen LogP) is 0.417. The van der Waals surface area contributed by atoms with Gasteiger partial charge < -0.3 is 10.5 Å². The summed E-state index contributed by atoms with van der Waals surface area (Å²) in [6.45, 7) is 0. The molecule has 4 heteroatoms. The highest BCUT2D eigenvalue weighted by Gasteiger charge is 2.60. The molecule has 2 N–H and O–H groups in total. The van der Waals surface area contributed by atoms with Crippen LogP contribution in [0.4, 0.5) is 0 Å². The third kappa shape index (κ3) is 0.759. The number of fused-ring (bicyclic) bond motifs is 3. The summed E-state index contributed by atoms with van der Waals surface area (Å²) in [7, 11) is 0. The maximum atomic E-state index is 11.6. The van der Waals surface area contributed by atoms with Crippen molar-refractivity contribution in [3.63, 3.8) is 0 Å². The van der Waals surface area contributed by atoms with Crippen LogP contribution in [0.1, 0.15) is 25.7 Å². The lowest BCUT2D eigenvalue weighted by molar-refractivity contribution is -0.135. The fraction of sp³-hybridized carbons (Fsp3) is 0.778. The number of hydrogen-bond donors (Lipinski definition) is 1. The van der Waals surface area contributed by atoms with Gasteiger partial charge in [-0.3, -0.25) is 4.79 Å². The molecular formula is C9H12N2O2. The van der Waals surface area contributed by atoms with Crippen LogP contribution in [-0.2, 0) is 9.53 Å². The van der Waals surface area contributed by atoms with Gasteiger partial charge >= 0.3 is 0 Å².